The van der Waals surface area contributed by atoms with Crippen molar-refractivity contribution in [2.45, 2.75) is 56.5 Å². The third-order valence-corrected chi connectivity index (χ3v) is 4.55. The summed E-state index contributed by atoms with van der Waals surface area (Å²) in [6.07, 6.45) is 8.18. The maximum absolute atomic E-state index is 12.0. The summed E-state index contributed by atoms with van der Waals surface area (Å²) < 4.78 is 1.78. The van der Waals surface area contributed by atoms with Crippen molar-refractivity contribution >= 4 is 11.3 Å². The number of nitrogens with zero attached hydrogens (tertiary/aromatic N) is 3. The highest BCUT2D eigenvalue weighted by Crippen LogP contribution is 2.36. The molecule has 3 N–H and O–H groups in total. The Morgan fingerprint density at radius 2 is 1.95 bits per heavy atom. The molecule has 20 heavy (non-hydrogen) atoms. The lowest BCUT2D eigenvalue weighted by Gasteiger charge is -2.25. The molecule has 0 atom stereocenters. The monoisotopic (exact) mass is 273 g/mol. The fourth-order valence-electron chi connectivity index (χ4n) is 3.19. The average Bonchev–Trinajstić information content (AvgIpc) is 3.22. The van der Waals surface area contributed by atoms with Crippen molar-refractivity contribution < 1.29 is 0 Å². The molecule has 6 heteroatoms. The number of aromatic nitrogens is 4. The second-order valence-corrected chi connectivity index (χ2v) is 6.11. The summed E-state index contributed by atoms with van der Waals surface area (Å²) in [7, 11) is 0. The van der Waals surface area contributed by atoms with Crippen LogP contribution in [0.15, 0.2) is 11.0 Å². The highest BCUT2D eigenvalue weighted by molar-refractivity contribution is 5.65. The first kappa shape index (κ1) is 12.1. The summed E-state index contributed by atoms with van der Waals surface area (Å²) in [6.45, 7) is 0. The van der Waals surface area contributed by atoms with E-state index < -0.39 is 0 Å². The predicted molar refractivity (Wildman–Crippen MR) is 75.6 cm³/mol. The molecule has 0 unspecified atom stereocenters. The van der Waals surface area contributed by atoms with Crippen molar-refractivity contribution in [3.05, 3.63) is 22.4 Å². The minimum atomic E-state index is -0.0784. The number of H-pyrrole nitrogens is 1. The summed E-state index contributed by atoms with van der Waals surface area (Å²) in [5, 5.41) is 0. The molecule has 2 aliphatic carbocycles. The molecule has 2 heterocycles. The Balaban J connectivity index is 1.74. The summed E-state index contributed by atoms with van der Waals surface area (Å²) in [5.74, 6) is 0.435. The van der Waals surface area contributed by atoms with Gasteiger partial charge in [0, 0.05) is 18.0 Å². The van der Waals surface area contributed by atoms with E-state index >= 15 is 0 Å². The van der Waals surface area contributed by atoms with Crippen LogP contribution < -0.4 is 11.4 Å². The third kappa shape index (κ3) is 1.95. The van der Waals surface area contributed by atoms with Gasteiger partial charge in [0.1, 0.15) is 0 Å². The van der Waals surface area contributed by atoms with Gasteiger partial charge in [-0.2, -0.15) is 0 Å². The van der Waals surface area contributed by atoms with E-state index in [1.807, 2.05) is 6.20 Å². The van der Waals surface area contributed by atoms with Crippen LogP contribution >= 0.6 is 0 Å². The molecule has 0 aromatic carbocycles. The number of imidazole rings is 1. The summed E-state index contributed by atoms with van der Waals surface area (Å²) in [4.78, 5) is 23.9. The Morgan fingerprint density at radius 3 is 2.65 bits per heavy atom. The van der Waals surface area contributed by atoms with Crippen LogP contribution in [0.5, 0.6) is 0 Å². The van der Waals surface area contributed by atoms with E-state index in [0.29, 0.717) is 23.6 Å². The smallest absolute Gasteiger partial charge is 0.328 e. The number of hydrogen-bond donors (Lipinski definition) is 2. The summed E-state index contributed by atoms with van der Waals surface area (Å²) in [6, 6.07) is 0.653. The molecule has 2 aromatic heterocycles. The van der Waals surface area contributed by atoms with Gasteiger partial charge in [-0.05, 0) is 38.5 Å². The lowest BCUT2D eigenvalue weighted by molar-refractivity contribution is 0.390. The molecule has 2 aliphatic rings. The van der Waals surface area contributed by atoms with Crippen LogP contribution in [0.1, 0.15) is 56.2 Å². The first-order chi connectivity index (χ1) is 9.72. The topological polar surface area (TPSA) is 89.6 Å². The molecule has 0 spiro atoms. The van der Waals surface area contributed by atoms with Crippen LogP contribution in [0.2, 0.25) is 0 Å². The van der Waals surface area contributed by atoms with Gasteiger partial charge in [-0.25, -0.2) is 14.8 Å². The normalized spacial score (nSPS) is 27.1. The van der Waals surface area contributed by atoms with Crippen molar-refractivity contribution in [1.82, 2.24) is 19.5 Å². The van der Waals surface area contributed by atoms with Crippen LogP contribution in [0, 0.1) is 0 Å². The van der Waals surface area contributed by atoms with E-state index in [1.165, 1.54) is 0 Å². The minimum absolute atomic E-state index is 0.0784. The van der Waals surface area contributed by atoms with Crippen molar-refractivity contribution in [1.29, 1.82) is 0 Å². The quantitative estimate of drug-likeness (QED) is 0.866. The van der Waals surface area contributed by atoms with Crippen LogP contribution in [-0.2, 0) is 0 Å². The van der Waals surface area contributed by atoms with Crippen LogP contribution in [0.25, 0.3) is 11.3 Å². The Kier molecular flexibility index (Phi) is 2.66. The highest BCUT2D eigenvalue weighted by atomic mass is 16.1. The first-order valence-electron chi connectivity index (χ1n) is 7.45. The second-order valence-electron chi connectivity index (χ2n) is 6.11. The van der Waals surface area contributed by atoms with Crippen molar-refractivity contribution in [2.24, 2.45) is 5.73 Å². The molecule has 0 amide bonds. The molecular formula is C14H19N5O. The number of fused-ring (bicyclic) bond motifs is 1. The summed E-state index contributed by atoms with van der Waals surface area (Å²) in [5.41, 5.74) is 8.22. The van der Waals surface area contributed by atoms with Gasteiger partial charge < -0.3 is 5.73 Å². The molecule has 106 valence electrons. The van der Waals surface area contributed by atoms with E-state index in [9.17, 15) is 4.79 Å². The zero-order valence-electron chi connectivity index (χ0n) is 11.4. The molecule has 0 bridgehead atoms. The standard InChI is InChI=1S/C14H19N5O/c15-9-3-1-8(2-4-9)11-7-16-12-13(17-11)19(10-5-6-10)14(20)18-12/h7-10H,1-6,15H2,(H,16,18,20)/t8-,9-. The fourth-order valence-corrected chi connectivity index (χ4v) is 3.19. The largest absolute Gasteiger partial charge is 0.329 e. The third-order valence-electron chi connectivity index (χ3n) is 4.55. The van der Waals surface area contributed by atoms with Crippen molar-refractivity contribution in [3.63, 3.8) is 0 Å². The van der Waals surface area contributed by atoms with Crippen LogP contribution in [0.3, 0.4) is 0 Å². The van der Waals surface area contributed by atoms with Gasteiger partial charge in [-0.3, -0.25) is 9.55 Å². The molecule has 0 radical (unpaired) electrons. The molecule has 0 saturated heterocycles. The SMILES string of the molecule is N[C@H]1CC[C@H](c2cnc3[nH]c(=O)n(C4CC4)c3n2)CC1. The molecule has 0 aliphatic heterocycles. The molecule has 4 rings (SSSR count). The second kappa shape index (κ2) is 4.41. The molecule has 2 aromatic rings. The highest BCUT2D eigenvalue weighted by Gasteiger charge is 2.29. The molecular weight excluding hydrogens is 254 g/mol. The Morgan fingerprint density at radius 1 is 1.20 bits per heavy atom. The minimum Gasteiger partial charge on any atom is -0.328 e. The van der Waals surface area contributed by atoms with E-state index in [0.717, 1.165) is 49.9 Å². The molecule has 6 nitrogen and oxygen atoms in total. The predicted octanol–water partition coefficient (Wildman–Crippen LogP) is 1.44. The Hall–Kier alpha value is -1.69. The molecule has 2 fully saturated rings. The summed E-state index contributed by atoms with van der Waals surface area (Å²) >= 11 is 0. The number of rotatable bonds is 2. The zero-order chi connectivity index (χ0) is 13.7. The van der Waals surface area contributed by atoms with Gasteiger partial charge in [0.15, 0.2) is 11.3 Å². The number of nitrogens with two attached hydrogens (primary N) is 1. The van der Waals surface area contributed by atoms with Gasteiger partial charge in [0.25, 0.3) is 0 Å². The van der Waals surface area contributed by atoms with Gasteiger partial charge >= 0.3 is 5.69 Å². The van der Waals surface area contributed by atoms with Gasteiger partial charge in [-0.1, -0.05) is 0 Å². The van der Waals surface area contributed by atoms with Gasteiger partial charge in [-0.15, -0.1) is 0 Å². The first-order valence-corrected chi connectivity index (χ1v) is 7.45. The lowest BCUT2D eigenvalue weighted by Crippen LogP contribution is -2.26. The lowest BCUT2D eigenvalue weighted by atomic mass is 9.85. The Labute approximate surface area is 116 Å². The van der Waals surface area contributed by atoms with Gasteiger partial charge in [0.2, 0.25) is 0 Å². The van der Waals surface area contributed by atoms with Gasteiger partial charge in [0.05, 0.1) is 11.9 Å². The van der Waals surface area contributed by atoms with E-state index in [4.69, 9.17) is 10.7 Å². The average molecular weight is 273 g/mol. The zero-order valence-corrected chi connectivity index (χ0v) is 11.4. The Bertz CT molecular complexity index is 691. The van der Waals surface area contributed by atoms with Crippen molar-refractivity contribution in [2.75, 3.05) is 0 Å². The number of aromatic amines is 1. The van der Waals surface area contributed by atoms with Crippen LogP contribution in [-0.4, -0.2) is 25.6 Å². The van der Waals surface area contributed by atoms with E-state index in [2.05, 4.69) is 9.97 Å². The van der Waals surface area contributed by atoms with Crippen LogP contribution in [0.4, 0.5) is 0 Å². The number of nitrogens with one attached hydrogen (secondary N) is 1. The maximum Gasteiger partial charge on any atom is 0.329 e. The maximum atomic E-state index is 12.0. The number of hydrogen-bond acceptors (Lipinski definition) is 4. The van der Waals surface area contributed by atoms with E-state index in [-0.39, 0.29) is 5.69 Å². The fraction of sp³-hybridized carbons (Fsp3) is 0.643. The molecule has 2 saturated carbocycles. The van der Waals surface area contributed by atoms with E-state index in [1.54, 1.807) is 4.57 Å². The van der Waals surface area contributed by atoms with Crippen molar-refractivity contribution in [3.8, 4) is 0 Å².